The molecule has 0 saturated carbocycles. The Morgan fingerprint density at radius 3 is 2.07 bits per heavy atom. The second-order valence-electron chi connectivity index (χ2n) is 6.50. The van der Waals surface area contributed by atoms with E-state index in [1.165, 1.54) is 0 Å². The van der Waals surface area contributed by atoms with Gasteiger partial charge >= 0.3 is 5.97 Å². The maximum atomic E-state index is 12.4. The molecule has 0 fully saturated rings. The van der Waals surface area contributed by atoms with E-state index in [0.717, 1.165) is 28.2 Å². The van der Waals surface area contributed by atoms with E-state index < -0.39 is 0 Å². The Labute approximate surface area is 164 Å². The van der Waals surface area contributed by atoms with E-state index in [9.17, 15) is 9.59 Å². The van der Waals surface area contributed by atoms with Crippen molar-refractivity contribution in [2.45, 2.75) is 26.7 Å². The van der Waals surface area contributed by atoms with Crippen LogP contribution in [0.1, 0.15) is 34.2 Å². The lowest BCUT2D eigenvalue weighted by Crippen LogP contribution is -2.08. The molecule has 0 amide bonds. The van der Waals surface area contributed by atoms with Crippen LogP contribution < -0.4 is 0 Å². The van der Waals surface area contributed by atoms with Gasteiger partial charge in [-0.25, -0.2) is 14.8 Å². The molecule has 28 heavy (non-hydrogen) atoms. The number of Topliss-reactive ketones (excluding diaryl/α,β-unsaturated/α-hetero) is 1. The lowest BCUT2D eigenvalue weighted by atomic mass is 10.0. The first-order valence-electron chi connectivity index (χ1n) is 9.22. The third kappa shape index (κ3) is 5.10. The van der Waals surface area contributed by atoms with Crippen LogP contribution >= 0.6 is 0 Å². The quantitative estimate of drug-likeness (QED) is 0.585. The fourth-order valence-electron chi connectivity index (χ4n) is 2.90. The molecular formula is C23H22N2O3. The molecule has 5 heteroatoms. The van der Waals surface area contributed by atoms with E-state index >= 15 is 0 Å². The van der Waals surface area contributed by atoms with Crippen molar-refractivity contribution in [3.63, 3.8) is 0 Å². The maximum Gasteiger partial charge on any atom is 0.338 e. The number of hydrogen-bond donors (Lipinski definition) is 0. The number of nitrogens with zero attached hydrogens (tertiary/aromatic N) is 2. The normalized spacial score (nSPS) is 10.5. The Hall–Kier alpha value is -3.34. The maximum absolute atomic E-state index is 12.4. The highest BCUT2D eigenvalue weighted by molar-refractivity contribution is 5.89. The summed E-state index contributed by atoms with van der Waals surface area (Å²) in [4.78, 5) is 32.6. The summed E-state index contributed by atoms with van der Waals surface area (Å²) in [5, 5.41) is 0. The molecule has 0 saturated heterocycles. The number of aromatic nitrogens is 2. The van der Waals surface area contributed by atoms with E-state index in [-0.39, 0.29) is 11.8 Å². The average Bonchev–Trinajstić information content (AvgIpc) is 2.69. The summed E-state index contributed by atoms with van der Waals surface area (Å²) in [6, 6.07) is 16.7. The molecule has 0 radical (unpaired) electrons. The number of aryl methyl sites for hydroxylation is 1. The van der Waals surface area contributed by atoms with Crippen LogP contribution in [-0.2, 0) is 22.4 Å². The molecule has 0 spiro atoms. The molecule has 2 aromatic carbocycles. The molecule has 0 aliphatic rings. The molecule has 3 rings (SSSR count). The van der Waals surface area contributed by atoms with Gasteiger partial charge in [-0.05, 0) is 43.2 Å². The minimum Gasteiger partial charge on any atom is -0.462 e. The van der Waals surface area contributed by atoms with Crippen LogP contribution in [0.15, 0.2) is 60.8 Å². The van der Waals surface area contributed by atoms with Crippen molar-refractivity contribution in [2.24, 2.45) is 0 Å². The zero-order valence-corrected chi connectivity index (χ0v) is 16.0. The lowest BCUT2D eigenvalue weighted by molar-refractivity contribution is -0.117. The fourth-order valence-corrected chi connectivity index (χ4v) is 2.90. The van der Waals surface area contributed by atoms with Crippen molar-refractivity contribution < 1.29 is 14.3 Å². The first-order chi connectivity index (χ1) is 13.5. The number of benzene rings is 2. The average molecular weight is 374 g/mol. The number of ether oxygens (including phenoxy) is 1. The van der Waals surface area contributed by atoms with E-state index in [1.807, 2.05) is 37.3 Å². The molecule has 0 N–H and O–H groups in total. The third-order valence-electron chi connectivity index (χ3n) is 4.29. The van der Waals surface area contributed by atoms with Crippen molar-refractivity contribution in [3.05, 3.63) is 83.3 Å². The lowest BCUT2D eigenvalue weighted by Gasteiger charge is -2.06. The summed E-state index contributed by atoms with van der Waals surface area (Å²) in [6.07, 6.45) is 2.43. The highest BCUT2D eigenvalue weighted by Gasteiger charge is 2.09. The number of ketones is 1. The summed E-state index contributed by atoms with van der Waals surface area (Å²) in [6.45, 7) is 3.97. The number of hydrogen-bond acceptors (Lipinski definition) is 5. The van der Waals surface area contributed by atoms with E-state index in [4.69, 9.17) is 4.74 Å². The zero-order chi connectivity index (χ0) is 19.9. The molecule has 0 unspecified atom stereocenters. The van der Waals surface area contributed by atoms with E-state index in [1.54, 1.807) is 37.4 Å². The van der Waals surface area contributed by atoms with Crippen LogP contribution in [-0.4, -0.2) is 28.3 Å². The van der Waals surface area contributed by atoms with Crippen LogP contribution in [0.2, 0.25) is 0 Å². The zero-order valence-electron chi connectivity index (χ0n) is 16.0. The molecule has 142 valence electrons. The number of carbonyl (C=O) groups is 2. The minimum atomic E-state index is -0.348. The highest BCUT2D eigenvalue weighted by atomic mass is 16.5. The second-order valence-corrected chi connectivity index (χ2v) is 6.50. The van der Waals surface area contributed by atoms with Crippen molar-refractivity contribution in [1.29, 1.82) is 0 Å². The smallest absolute Gasteiger partial charge is 0.338 e. The van der Waals surface area contributed by atoms with Crippen molar-refractivity contribution in [2.75, 3.05) is 6.61 Å². The third-order valence-corrected chi connectivity index (χ3v) is 4.29. The van der Waals surface area contributed by atoms with Gasteiger partial charge in [0.25, 0.3) is 0 Å². The highest BCUT2D eigenvalue weighted by Crippen LogP contribution is 2.18. The molecule has 1 aromatic heterocycles. The van der Waals surface area contributed by atoms with Gasteiger partial charge in [0.2, 0.25) is 0 Å². The first kappa shape index (κ1) is 19.4. The molecular weight excluding hydrogens is 352 g/mol. The summed E-state index contributed by atoms with van der Waals surface area (Å²) >= 11 is 0. The van der Waals surface area contributed by atoms with Crippen molar-refractivity contribution in [3.8, 4) is 11.3 Å². The largest absolute Gasteiger partial charge is 0.462 e. The minimum absolute atomic E-state index is 0.120. The van der Waals surface area contributed by atoms with E-state index in [2.05, 4.69) is 9.97 Å². The molecule has 0 aliphatic carbocycles. The summed E-state index contributed by atoms with van der Waals surface area (Å²) in [5.74, 6) is 0.500. The number of esters is 1. The van der Waals surface area contributed by atoms with Gasteiger partial charge in [-0.1, -0.05) is 36.4 Å². The molecule has 0 bridgehead atoms. The van der Waals surface area contributed by atoms with Crippen LogP contribution in [0, 0.1) is 6.92 Å². The summed E-state index contributed by atoms with van der Waals surface area (Å²) < 4.78 is 4.96. The number of rotatable bonds is 7. The van der Waals surface area contributed by atoms with Gasteiger partial charge in [-0.2, -0.15) is 0 Å². The monoisotopic (exact) mass is 374 g/mol. The van der Waals surface area contributed by atoms with Crippen molar-refractivity contribution >= 4 is 11.8 Å². The van der Waals surface area contributed by atoms with Crippen molar-refractivity contribution in [1.82, 2.24) is 9.97 Å². The van der Waals surface area contributed by atoms with Crippen LogP contribution in [0.4, 0.5) is 0 Å². The molecule has 1 heterocycles. The fraction of sp³-hybridized carbons (Fsp3) is 0.217. The Morgan fingerprint density at radius 2 is 1.50 bits per heavy atom. The van der Waals surface area contributed by atoms with E-state index in [0.29, 0.717) is 25.0 Å². The standard InChI is InChI=1S/C23H22N2O3/c1-3-28-23(27)20-10-6-18(7-11-20)15-21(26)14-17-4-8-19(9-5-17)22-12-13-24-16(2)25-22/h4-13H,3,14-15H2,1-2H3. The first-order valence-corrected chi connectivity index (χ1v) is 9.22. The SMILES string of the molecule is CCOC(=O)c1ccc(CC(=O)Cc2ccc(-c3ccnc(C)n3)cc2)cc1. The van der Waals surface area contributed by atoms with Gasteiger partial charge in [0.1, 0.15) is 11.6 Å². The number of carbonyl (C=O) groups excluding carboxylic acids is 2. The van der Waals surface area contributed by atoms with Crippen LogP contribution in [0.3, 0.4) is 0 Å². The topological polar surface area (TPSA) is 69.2 Å². The predicted molar refractivity (Wildman–Crippen MR) is 107 cm³/mol. The Morgan fingerprint density at radius 1 is 0.893 bits per heavy atom. The van der Waals surface area contributed by atoms with Gasteiger partial charge in [0.05, 0.1) is 17.9 Å². The van der Waals surface area contributed by atoms with Gasteiger partial charge in [-0.3, -0.25) is 4.79 Å². The predicted octanol–water partition coefficient (Wildman–Crippen LogP) is 3.98. The molecule has 0 atom stereocenters. The Balaban J connectivity index is 1.59. The summed E-state index contributed by atoms with van der Waals surface area (Å²) in [5.41, 5.74) is 4.20. The van der Waals surface area contributed by atoms with Crippen LogP contribution in [0.25, 0.3) is 11.3 Å². The van der Waals surface area contributed by atoms with Gasteiger partial charge < -0.3 is 4.74 Å². The second kappa shape index (κ2) is 9.04. The molecule has 0 aliphatic heterocycles. The Bertz CT molecular complexity index is 964. The van der Waals surface area contributed by atoms with Gasteiger partial charge in [-0.15, -0.1) is 0 Å². The van der Waals surface area contributed by atoms with Gasteiger partial charge in [0.15, 0.2) is 0 Å². The Kier molecular flexibility index (Phi) is 6.27. The summed E-state index contributed by atoms with van der Waals surface area (Å²) in [7, 11) is 0. The molecule has 5 nitrogen and oxygen atoms in total. The van der Waals surface area contributed by atoms with Crippen LogP contribution in [0.5, 0.6) is 0 Å². The molecule has 3 aromatic rings. The van der Waals surface area contributed by atoms with Gasteiger partial charge in [0, 0.05) is 24.6 Å².